The number of nitrogens with zero attached hydrogens (tertiary/aromatic N) is 3. The highest BCUT2D eigenvalue weighted by molar-refractivity contribution is 7.89. The first-order valence-corrected chi connectivity index (χ1v) is 7.80. The van der Waals surface area contributed by atoms with Crippen molar-refractivity contribution in [2.24, 2.45) is 7.05 Å². The highest BCUT2D eigenvalue weighted by atomic mass is 32.2. The second-order valence-electron chi connectivity index (χ2n) is 4.80. The summed E-state index contributed by atoms with van der Waals surface area (Å²) in [5.41, 5.74) is 0.487. The normalized spacial score (nSPS) is 11.8. The Kier molecular flexibility index (Phi) is 4.24. The molecule has 0 aliphatic rings. The van der Waals surface area contributed by atoms with Gasteiger partial charge in [0.05, 0.1) is 11.4 Å². The second-order valence-corrected chi connectivity index (χ2v) is 6.84. The summed E-state index contributed by atoms with van der Waals surface area (Å²) in [7, 11) is -0.293. The summed E-state index contributed by atoms with van der Waals surface area (Å²) in [6, 6.07) is 5.93. The van der Waals surface area contributed by atoms with Crippen LogP contribution in [-0.2, 0) is 23.6 Å². The van der Waals surface area contributed by atoms with Crippen LogP contribution in [-0.4, -0.2) is 35.1 Å². The first-order chi connectivity index (χ1) is 9.82. The zero-order valence-corrected chi connectivity index (χ0v) is 13.0. The molecule has 0 spiro atoms. The highest BCUT2D eigenvalue weighted by Crippen LogP contribution is 2.17. The van der Waals surface area contributed by atoms with Gasteiger partial charge in [0.2, 0.25) is 10.0 Å². The lowest BCUT2D eigenvalue weighted by Crippen LogP contribution is -2.27. The lowest BCUT2D eigenvalue weighted by Gasteiger charge is -2.17. The average Bonchev–Trinajstić information content (AvgIpc) is 2.84. The molecular weight excluding hydrogens is 290 g/mol. The number of rotatable bonds is 5. The number of aromatic nitrogens is 2. The van der Waals surface area contributed by atoms with Gasteiger partial charge in [-0.25, -0.2) is 13.4 Å². The average molecular weight is 307 g/mol. The molecular formula is C14H17N3O3S. The third-order valence-corrected chi connectivity index (χ3v) is 5.07. The van der Waals surface area contributed by atoms with Crippen LogP contribution in [0.5, 0.6) is 0 Å². The van der Waals surface area contributed by atoms with E-state index in [4.69, 9.17) is 0 Å². The quantitative estimate of drug-likeness (QED) is 0.784. The SMILES string of the molecule is CC(=O)c1ccc(S(=O)(=O)N(C)Cc2nccn2C)cc1. The van der Waals surface area contributed by atoms with E-state index in [-0.39, 0.29) is 17.2 Å². The monoisotopic (exact) mass is 307 g/mol. The third kappa shape index (κ3) is 3.20. The van der Waals surface area contributed by atoms with Crippen molar-refractivity contribution in [3.63, 3.8) is 0 Å². The Labute approximate surface area is 124 Å². The lowest BCUT2D eigenvalue weighted by atomic mass is 10.2. The van der Waals surface area contributed by atoms with E-state index >= 15 is 0 Å². The van der Waals surface area contributed by atoms with E-state index < -0.39 is 10.0 Å². The van der Waals surface area contributed by atoms with Crippen molar-refractivity contribution in [1.29, 1.82) is 0 Å². The molecule has 0 atom stereocenters. The fourth-order valence-electron chi connectivity index (χ4n) is 1.87. The third-order valence-electron chi connectivity index (χ3n) is 3.25. The van der Waals surface area contributed by atoms with Crippen molar-refractivity contribution < 1.29 is 13.2 Å². The largest absolute Gasteiger partial charge is 0.337 e. The molecule has 0 radical (unpaired) electrons. The minimum atomic E-state index is -3.61. The summed E-state index contributed by atoms with van der Waals surface area (Å²) in [5.74, 6) is 0.557. The van der Waals surface area contributed by atoms with Crippen LogP contribution in [0.25, 0.3) is 0 Å². The van der Waals surface area contributed by atoms with Gasteiger partial charge < -0.3 is 4.57 Å². The van der Waals surface area contributed by atoms with E-state index in [9.17, 15) is 13.2 Å². The van der Waals surface area contributed by atoms with Crippen LogP contribution >= 0.6 is 0 Å². The van der Waals surface area contributed by atoms with Crippen LogP contribution in [0.15, 0.2) is 41.6 Å². The standard InChI is InChI=1S/C14H17N3O3S/c1-11(18)12-4-6-13(7-5-12)21(19,20)17(3)10-14-15-8-9-16(14)2/h4-9H,10H2,1-3H3. The minimum Gasteiger partial charge on any atom is -0.337 e. The maximum atomic E-state index is 12.5. The molecule has 0 bridgehead atoms. The van der Waals surface area contributed by atoms with Gasteiger partial charge in [0.1, 0.15) is 5.82 Å². The summed E-state index contributed by atoms with van der Waals surface area (Å²) in [5, 5.41) is 0. The fraction of sp³-hybridized carbons (Fsp3) is 0.286. The van der Waals surface area contributed by atoms with E-state index in [1.54, 1.807) is 17.0 Å². The van der Waals surface area contributed by atoms with Crippen molar-refractivity contribution in [1.82, 2.24) is 13.9 Å². The van der Waals surface area contributed by atoms with Gasteiger partial charge in [0, 0.05) is 32.1 Å². The van der Waals surface area contributed by atoms with E-state index in [0.717, 1.165) is 0 Å². The predicted molar refractivity (Wildman–Crippen MR) is 78.3 cm³/mol. The number of sulfonamides is 1. The van der Waals surface area contributed by atoms with Crippen LogP contribution in [0.4, 0.5) is 0 Å². The molecule has 1 aromatic heterocycles. The molecule has 112 valence electrons. The Balaban J connectivity index is 2.24. The molecule has 0 saturated carbocycles. The first kappa shape index (κ1) is 15.4. The van der Waals surface area contributed by atoms with Gasteiger partial charge in [-0.15, -0.1) is 0 Å². The van der Waals surface area contributed by atoms with Crippen LogP contribution in [0.1, 0.15) is 23.1 Å². The number of hydrogen-bond donors (Lipinski definition) is 0. The molecule has 6 nitrogen and oxygen atoms in total. The summed E-state index contributed by atoms with van der Waals surface area (Å²) in [6.07, 6.45) is 3.38. The number of hydrogen-bond acceptors (Lipinski definition) is 4. The van der Waals surface area contributed by atoms with Crippen molar-refractivity contribution in [3.8, 4) is 0 Å². The molecule has 2 rings (SSSR count). The maximum absolute atomic E-state index is 12.5. The summed E-state index contributed by atoms with van der Waals surface area (Å²) in [4.78, 5) is 15.5. The molecule has 0 saturated heterocycles. The number of carbonyl (C=O) groups is 1. The van der Waals surface area contributed by atoms with E-state index in [2.05, 4.69) is 4.98 Å². The van der Waals surface area contributed by atoms with Gasteiger partial charge in [0.15, 0.2) is 5.78 Å². The predicted octanol–water partition coefficient (Wildman–Crippen LogP) is 1.44. The number of ketones is 1. The molecule has 7 heteroatoms. The van der Waals surface area contributed by atoms with Crippen LogP contribution < -0.4 is 0 Å². The highest BCUT2D eigenvalue weighted by Gasteiger charge is 2.22. The van der Waals surface area contributed by atoms with Crippen molar-refractivity contribution in [2.45, 2.75) is 18.4 Å². The van der Waals surface area contributed by atoms with Gasteiger partial charge in [0.25, 0.3) is 0 Å². The smallest absolute Gasteiger partial charge is 0.243 e. The molecule has 0 fully saturated rings. The Morgan fingerprint density at radius 3 is 2.38 bits per heavy atom. The first-order valence-electron chi connectivity index (χ1n) is 6.36. The lowest BCUT2D eigenvalue weighted by molar-refractivity contribution is 0.101. The molecule has 0 aliphatic heterocycles. The van der Waals surface area contributed by atoms with Gasteiger partial charge in [-0.05, 0) is 19.1 Å². The molecule has 21 heavy (non-hydrogen) atoms. The molecule has 0 unspecified atom stereocenters. The number of benzene rings is 1. The van der Waals surface area contributed by atoms with Gasteiger partial charge in [-0.3, -0.25) is 4.79 Å². The summed E-state index contributed by atoms with van der Waals surface area (Å²) < 4.78 is 27.9. The van der Waals surface area contributed by atoms with Crippen LogP contribution in [0.2, 0.25) is 0 Å². The number of carbonyl (C=O) groups excluding carboxylic acids is 1. The zero-order chi connectivity index (χ0) is 15.6. The van der Waals surface area contributed by atoms with Crippen LogP contribution in [0, 0.1) is 0 Å². The van der Waals surface area contributed by atoms with Crippen molar-refractivity contribution >= 4 is 15.8 Å². The Hall–Kier alpha value is -1.99. The number of aryl methyl sites for hydroxylation is 1. The maximum Gasteiger partial charge on any atom is 0.243 e. The molecule has 0 aliphatic carbocycles. The summed E-state index contributed by atoms with van der Waals surface area (Å²) in [6.45, 7) is 1.62. The van der Waals surface area contributed by atoms with E-state index in [1.807, 2.05) is 7.05 Å². The Morgan fingerprint density at radius 1 is 1.29 bits per heavy atom. The van der Waals surface area contributed by atoms with Crippen molar-refractivity contribution in [2.75, 3.05) is 7.05 Å². The van der Waals surface area contributed by atoms with Crippen LogP contribution in [0.3, 0.4) is 0 Å². The fourth-order valence-corrected chi connectivity index (χ4v) is 3.00. The molecule has 2 aromatic rings. The summed E-state index contributed by atoms with van der Waals surface area (Å²) >= 11 is 0. The second kappa shape index (κ2) is 5.79. The number of Topliss-reactive ketones (excluding diaryl/α,β-unsaturated/α-hetero) is 1. The zero-order valence-electron chi connectivity index (χ0n) is 12.1. The van der Waals surface area contributed by atoms with E-state index in [1.165, 1.54) is 42.5 Å². The molecule has 0 N–H and O–H groups in total. The van der Waals surface area contributed by atoms with Gasteiger partial charge >= 0.3 is 0 Å². The van der Waals surface area contributed by atoms with Crippen molar-refractivity contribution in [3.05, 3.63) is 48.0 Å². The van der Waals surface area contributed by atoms with E-state index in [0.29, 0.717) is 11.4 Å². The topological polar surface area (TPSA) is 72.3 Å². The number of imidazole rings is 1. The molecule has 1 heterocycles. The van der Waals surface area contributed by atoms with Gasteiger partial charge in [-0.1, -0.05) is 12.1 Å². The molecule has 0 amide bonds. The Morgan fingerprint density at radius 2 is 1.90 bits per heavy atom. The van der Waals surface area contributed by atoms with Gasteiger partial charge in [-0.2, -0.15) is 4.31 Å². The molecule has 1 aromatic carbocycles. The Bertz CT molecular complexity index is 748. The minimum absolute atomic E-state index is 0.0969.